The number of ether oxygens (including phenoxy) is 2. The van der Waals surface area contributed by atoms with Crippen LogP contribution in [0.2, 0.25) is 0 Å². The highest BCUT2D eigenvalue weighted by molar-refractivity contribution is 5.10. The topological polar surface area (TPSA) is 18.5 Å². The molecular formula is C19H38O2. The summed E-state index contributed by atoms with van der Waals surface area (Å²) in [6.07, 6.45) is 1.49. The van der Waals surface area contributed by atoms with E-state index in [-0.39, 0.29) is 23.2 Å². The molecule has 0 spiro atoms. The standard InChI is InChI=1S/C19H38O2/c1-14(2)21-19(10,11)15(3)12-20-16(4)18(8,9)13-17(5,6)7/h14,16H,3,12-13H2,1-2,4-11H3. The number of rotatable bonds is 8. The van der Waals surface area contributed by atoms with Crippen molar-refractivity contribution in [3.63, 3.8) is 0 Å². The lowest BCUT2D eigenvalue weighted by Gasteiger charge is -2.38. The van der Waals surface area contributed by atoms with Crippen LogP contribution in [0.4, 0.5) is 0 Å². The molecule has 0 bridgehead atoms. The van der Waals surface area contributed by atoms with E-state index in [9.17, 15) is 0 Å². The average molecular weight is 299 g/mol. The lowest BCUT2D eigenvalue weighted by Crippen LogP contribution is -2.36. The molecule has 0 aliphatic carbocycles. The number of hydrogen-bond acceptors (Lipinski definition) is 2. The van der Waals surface area contributed by atoms with Gasteiger partial charge in [-0.3, -0.25) is 0 Å². The molecule has 126 valence electrons. The highest BCUT2D eigenvalue weighted by Gasteiger charge is 2.32. The van der Waals surface area contributed by atoms with E-state index in [1.54, 1.807) is 0 Å². The molecule has 0 fully saturated rings. The van der Waals surface area contributed by atoms with Gasteiger partial charge in [-0.25, -0.2) is 0 Å². The molecule has 1 atom stereocenters. The second-order valence-corrected chi connectivity index (χ2v) is 8.96. The van der Waals surface area contributed by atoms with Gasteiger partial charge in [-0.1, -0.05) is 41.2 Å². The van der Waals surface area contributed by atoms with E-state index in [4.69, 9.17) is 9.47 Å². The molecular weight excluding hydrogens is 260 g/mol. The summed E-state index contributed by atoms with van der Waals surface area (Å²) in [7, 11) is 0. The van der Waals surface area contributed by atoms with Crippen LogP contribution in [0.15, 0.2) is 12.2 Å². The Labute approximate surface area is 133 Å². The summed E-state index contributed by atoms with van der Waals surface area (Å²) in [5, 5.41) is 0. The Bertz CT molecular complexity index is 332. The predicted molar refractivity (Wildman–Crippen MR) is 92.7 cm³/mol. The summed E-state index contributed by atoms with van der Waals surface area (Å²) in [6.45, 7) is 26.5. The molecule has 0 aliphatic rings. The van der Waals surface area contributed by atoms with E-state index in [1.807, 2.05) is 13.8 Å². The van der Waals surface area contributed by atoms with Crippen molar-refractivity contribution in [3.8, 4) is 0 Å². The Kier molecular flexibility index (Phi) is 7.16. The molecule has 0 aromatic rings. The SMILES string of the molecule is C=C(COC(C)C(C)(C)CC(C)(C)C)C(C)(C)OC(C)C. The van der Waals surface area contributed by atoms with Gasteiger partial charge in [-0.05, 0) is 57.4 Å². The fraction of sp³-hybridized carbons (Fsp3) is 0.895. The Balaban J connectivity index is 4.54. The molecule has 1 unspecified atom stereocenters. The highest BCUT2D eigenvalue weighted by Crippen LogP contribution is 2.37. The first-order valence-corrected chi connectivity index (χ1v) is 8.15. The average Bonchev–Trinajstić information content (AvgIpc) is 2.19. The maximum absolute atomic E-state index is 6.10. The molecule has 0 saturated carbocycles. The quantitative estimate of drug-likeness (QED) is 0.542. The molecule has 0 rings (SSSR count). The van der Waals surface area contributed by atoms with Crippen LogP contribution in [-0.2, 0) is 9.47 Å². The van der Waals surface area contributed by atoms with Gasteiger partial charge >= 0.3 is 0 Å². The van der Waals surface area contributed by atoms with Gasteiger partial charge < -0.3 is 9.47 Å². The number of hydrogen-bond donors (Lipinski definition) is 0. The third-order valence-corrected chi connectivity index (χ3v) is 3.98. The minimum Gasteiger partial charge on any atom is -0.374 e. The predicted octanol–water partition coefficient (Wildman–Crippen LogP) is 5.61. The van der Waals surface area contributed by atoms with E-state index in [0.29, 0.717) is 12.0 Å². The maximum Gasteiger partial charge on any atom is 0.0858 e. The lowest BCUT2D eigenvalue weighted by atomic mass is 9.73. The summed E-state index contributed by atoms with van der Waals surface area (Å²) < 4.78 is 12.0. The Hall–Kier alpha value is -0.340. The van der Waals surface area contributed by atoms with Gasteiger partial charge in [0.05, 0.1) is 24.4 Å². The van der Waals surface area contributed by atoms with E-state index in [0.717, 1.165) is 12.0 Å². The molecule has 2 nitrogen and oxygen atoms in total. The lowest BCUT2D eigenvalue weighted by molar-refractivity contribution is -0.0580. The zero-order valence-electron chi connectivity index (χ0n) is 16.1. The smallest absolute Gasteiger partial charge is 0.0858 e. The molecule has 0 aliphatic heterocycles. The molecule has 0 aromatic carbocycles. The van der Waals surface area contributed by atoms with E-state index in [2.05, 4.69) is 62.0 Å². The van der Waals surface area contributed by atoms with Crippen molar-refractivity contribution in [2.75, 3.05) is 6.61 Å². The van der Waals surface area contributed by atoms with Crippen molar-refractivity contribution >= 4 is 0 Å². The van der Waals surface area contributed by atoms with Crippen molar-refractivity contribution in [2.45, 2.75) is 93.5 Å². The van der Waals surface area contributed by atoms with Gasteiger partial charge in [-0.2, -0.15) is 0 Å². The van der Waals surface area contributed by atoms with Gasteiger partial charge in [0.1, 0.15) is 0 Å². The van der Waals surface area contributed by atoms with Crippen LogP contribution in [0.1, 0.15) is 75.7 Å². The van der Waals surface area contributed by atoms with E-state index < -0.39 is 0 Å². The summed E-state index contributed by atoms with van der Waals surface area (Å²) in [4.78, 5) is 0. The first-order valence-electron chi connectivity index (χ1n) is 8.15. The molecule has 0 amide bonds. The third kappa shape index (κ3) is 8.01. The van der Waals surface area contributed by atoms with Crippen LogP contribution < -0.4 is 0 Å². The summed E-state index contributed by atoms with van der Waals surface area (Å²) >= 11 is 0. The molecule has 0 saturated heterocycles. The first kappa shape index (κ1) is 20.7. The minimum absolute atomic E-state index is 0.140. The maximum atomic E-state index is 6.10. The Morgan fingerprint density at radius 2 is 1.43 bits per heavy atom. The summed E-state index contributed by atoms with van der Waals surface area (Å²) in [5.74, 6) is 0. The largest absolute Gasteiger partial charge is 0.374 e. The van der Waals surface area contributed by atoms with Crippen molar-refractivity contribution < 1.29 is 9.47 Å². The minimum atomic E-state index is -0.345. The molecule has 2 heteroatoms. The molecule has 21 heavy (non-hydrogen) atoms. The van der Waals surface area contributed by atoms with Gasteiger partial charge in [0, 0.05) is 0 Å². The normalized spacial score (nSPS) is 15.4. The van der Waals surface area contributed by atoms with Crippen molar-refractivity contribution in [1.29, 1.82) is 0 Å². The van der Waals surface area contributed by atoms with Crippen LogP contribution >= 0.6 is 0 Å². The second kappa shape index (κ2) is 7.28. The third-order valence-electron chi connectivity index (χ3n) is 3.98. The molecule has 0 aromatic heterocycles. The first-order chi connectivity index (χ1) is 9.17. The zero-order chi connectivity index (χ0) is 17.1. The van der Waals surface area contributed by atoms with Crippen LogP contribution in [0.5, 0.6) is 0 Å². The van der Waals surface area contributed by atoms with Crippen LogP contribution in [0.3, 0.4) is 0 Å². The highest BCUT2D eigenvalue weighted by atomic mass is 16.5. The Morgan fingerprint density at radius 1 is 0.952 bits per heavy atom. The fourth-order valence-electron chi connectivity index (χ4n) is 2.81. The van der Waals surface area contributed by atoms with Gasteiger partial charge in [-0.15, -0.1) is 0 Å². The van der Waals surface area contributed by atoms with Crippen LogP contribution in [-0.4, -0.2) is 24.4 Å². The second-order valence-electron chi connectivity index (χ2n) is 8.96. The van der Waals surface area contributed by atoms with Gasteiger partial charge in [0.25, 0.3) is 0 Å². The van der Waals surface area contributed by atoms with E-state index in [1.165, 1.54) is 0 Å². The van der Waals surface area contributed by atoms with E-state index >= 15 is 0 Å². The molecule has 0 N–H and O–H groups in total. The Morgan fingerprint density at radius 3 is 1.81 bits per heavy atom. The van der Waals surface area contributed by atoms with Gasteiger partial charge in [0.2, 0.25) is 0 Å². The monoisotopic (exact) mass is 298 g/mol. The van der Waals surface area contributed by atoms with Crippen LogP contribution in [0, 0.1) is 10.8 Å². The fourth-order valence-corrected chi connectivity index (χ4v) is 2.81. The van der Waals surface area contributed by atoms with Crippen molar-refractivity contribution in [2.24, 2.45) is 10.8 Å². The summed E-state index contributed by atoms with van der Waals surface area (Å²) in [6, 6.07) is 0. The molecule has 0 radical (unpaired) electrons. The summed E-state index contributed by atoms with van der Waals surface area (Å²) in [5.41, 5.74) is 1.09. The van der Waals surface area contributed by atoms with Crippen molar-refractivity contribution in [1.82, 2.24) is 0 Å². The van der Waals surface area contributed by atoms with Crippen molar-refractivity contribution in [3.05, 3.63) is 12.2 Å². The van der Waals surface area contributed by atoms with Crippen LogP contribution in [0.25, 0.3) is 0 Å². The van der Waals surface area contributed by atoms with Gasteiger partial charge in [0.15, 0.2) is 0 Å². The zero-order valence-corrected chi connectivity index (χ0v) is 16.1. The molecule has 0 heterocycles.